The summed E-state index contributed by atoms with van der Waals surface area (Å²) in [6.07, 6.45) is 4.65. The van der Waals surface area contributed by atoms with Gasteiger partial charge in [0.2, 0.25) is 5.17 Å². The summed E-state index contributed by atoms with van der Waals surface area (Å²) < 4.78 is 0.964. The molecule has 0 unspecified atom stereocenters. The first-order valence-corrected chi connectivity index (χ1v) is 8.94. The van der Waals surface area contributed by atoms with E-state index in [-0.39, 0.29) is 17.3 Å². The molecule has 23 heavy (non-hydrogen) atoms. The van der Waals surface area contributed by atoms with Crippen LogP contribution in [0.4, 0.5) is 0 Å². The highest BCUT2D eigenvalue weighted by Crippen LogP contribution is 2.30. The van der Waals surface area contributed by atoms with Crippen molar-refractivity contribution in [1.29, 1.82) is 5.41 Å². The summed E-state index contributed by atoms with van der Waals surface area (Å²) in [4.78, 5) is 16.3. The van der Waals surface area contributed by atoms with E-state index >= 15 is 0 Å². The van der Waals surface area contributed by atoms with Gasteiger partial charge in [-0.1, -0.05) is 41.4 Å². The summed E-state index contributed by atoms with van der Waals surface area (Å²) in [5.74, 6) is -0.300. The fraction of sp³-hybridized carbons (Fsp3) is 0.250. The Hall–Kier alpha value is -1.73. The zero-order valence-electron chi connectivity index (χ0n) is 12.5. The third-order valence-electron chi connectivity index (χ3n) is 3.42. The third kappa shape index (κ3) is 3.45. The van der Waals surface area contributed by atoms with Crippen LogP contribution in [0, 0.1) is 5.41 Å². The van der Waals surface area contributed by atoms with E-state index in [1.54, 1.807) is 6.08 Å². The van der Waals surface area contributed by atoms with E-state index in [0.29, 0.717) is 5.17 Å². The molecule has 0 aliphatic carbocycles. The Morgan fingerprint density at radius 3 is 2.78 bits per heavy atom. The van der Waals surface area contributed by atoms with Gasteiger partial charge in [-0.05, 0) is 48.4 Å². The summed E-state index contributed by atoms with van der Waals surface area (Å²) in [5.41, 5.74) is 1.11. The number of benzene rings is 1. The highest BCUT2D eigenvalue weighted by atomic mass is 79.9. The molecule has 0 atom stereocenters. The minimum atomic E-state index is -0.386. The van der Waals surface area contributed by atoms with Crippen molar-refractivity contribution in [2.45, 2.75) is 26.2 Å². The van der Waals surface area contributed by atoms with E-state index in [2.05, 4.69) is 32.9 Å². The number of amides is 1. The first-order valence-electron chi connectivity index (χ1n) is 7.33. The predicted molar refractivity (Wildman–Crippen MR) is 98.7 cm³/mol. The molecule has 3 rings (SSSR count). The number of rotatable bonds is 4. The van der Waals surface area contributed by atoms with E-state index in [9.17, 15) is 4.79 Å². The molecule has 0 spiro atoms. The number of hydrogen-bond acceptors (Lipinski definition) is 4. The molecule has 2 aliphatic heterocycles. The first kappa shape index (κ1) is 16.1. The Bertz CT molecular complexity index is 752. The highest BCUT2D eigenvalue weighted by Gasteiger charge is 2.35. The number of aliphatic imine (C=N–C) groups is 1. The molecule has 2 aliphatic rings. The number of halogens is 1. The van der Waals surface area contributed by atoms with Crippen molar-refractivity contribution in [1.82, 2.24) is 5.01 Å². The van der Waals surface area contributed by atoms with Crippen molar-refractivity contribution < 1.29 is 4.79 Å². The minimum absolute atomic E-state index is 0.0851. The van der Waals surface area contributed by atoms with Gasteiger partial charge in [0.1, 0.15) is 5.04 Å². The van der Waals surface area contributed by atoms with Gasteiger partial charge < -0.3 is 0 Å². The van der Waals surface area contributed by atoms with Crippen molar-refractivity contribution in [2.75, 3.05) is 0 Å². The van der Waals surface area contributed by atoms with Crippen molar-refractivity contribution in [3.05, 3.63) is 39.9 Å². The van der Waals surface area contributed by atoms with Gasteiger partial charge in [0.25, 0.3) is 5.91 Å². The maximum Gasteiger partial charge on any atom is 0.283 e. The van der Waals surface area contributed by atoms with E-state index in [1.165, 1.54) is 16.8 Å². The molecular weight excluding hydrogens is 376 g/mol. The highest BCUT2D eigenvalue weighted by molar-refractivity contribution is 9.10. The van der Waals surface area contributed by atoms with Crippen LogP contribution < -0.4 is 0 Å². The van der Waals surface area contributed by atoms with Crippen LogP contribution >= 0.6 is 27.7 Å². The van der Waals surface area contributed by atoms with Crippen molar-refractivity contribution >= 4 is 55.7 Å². The van der Waals surface area contributed by atoms with Gasteiger partial charge in [-0.2, -0.15) is 15.1 Å². The molecule has 118 valence electrons. The Morgan fingerprint density at radius 2 is 2.09 bits per heavy atom. The van der Waals surface area contributed by atoms with Crippen molar-refractivity contribution in [3.8, 4) is 0 Å². The molecule has 2 heterocycles. The van der Waals surface area contributed by atoms with Crippen LogP contribution in [-0.2, 0) is 4.79 Å². The maximum absolute atomic E-state index is 12.2. The fourth-order valence-electron chi connectivity index (χ4n) is 2.19. The first-order chi connectivity index (χ1) is 11.1. The van der Waals surface area contributed by atoms with Crippen LogP contribution in [0.2, 0.25) is 0 Å². The van der Waals surface area contributed by atoms with Crippen LogP contribution in [-0.4, -0.2) is 27.0 Å². The van der Waals surface area contributed by atoms with Gasteiger partial charge in [-0.3, -0.25) is 10.2 Å². The van der Waals surface area contributed by atoms with E-state index in [1.807, 2.05) is 24.3 Å². The summed E-state index contributed by atoms with van der Waals surface area (Å²) in [6, 6.07) is 7.55. The Morgan fingerprint density at radius 1 is 1.35 bits per heavy atom. The average molecular weight is 391 g/mol. The number of nitrogens with one attached hydrogen (secondary N) is 1. The van der Waals surface area contributed by atoms with Gasteiger partial charge in [-0.25, -0.2) is 0 Å². The number of thioether (sulfide) groups is 1. The summed E-state index contributed by atoms with van der Waals surface area (Å²) in [7, 11) is 0. The number of nitrogens with zero attached hydrogens (tertiary/aromatic N) is 3. The monoisotopic (exact) mass is 390 g/mol. The van der Waals surface area contributed by atoms with Crippen LogP contribution in [0.5, 0.6) is 0 Å². The molecule has 0 bridgehead atoms. The second-order valence-corrected chi connectivity index (χ2v) is 7.13. The number of carbonyl (C=O) groups is 1. The summed E-state index contributed by atoms with van der Waals surface area (Å²) in [5, 5.41) is 15.6. The largest absolute Gasteiger partial charge is 0.283 e. The number of fused-ring (bicyclic) bond motifs is 1. The second kappa shape index (κ2) is 6.80. The lowest BCUT2D eigenvalue weighted by Crippen LogP contribution is -2.35. The van der Waals surface area contributed by atoms with Crippen molar-refractivity contribution in [2.24, 2.45) is 10.1 Å². The predicted octanol–water partition coefficient (Wildman–Crippen LogP) is 4.26. The minimum Gasteiger partial charge on any atom is -0.282 e. The van der Waals surface area contributed by atoms with Crippen LogP contribution in [0.3, 0.4) is 0 Å². The summed E-state index contributed by atoms with van der Waals surface area (Å²) in [6.45, 7) is 2.12. The van der Waals surface area contributed by atoms with Gasteiger partial charge in [0.05, 0.1) is 5.57 Å². The Labute approximate surface area is 147 Å². The molecule has 7 heteroatoms. The van der Waals surface area contributed by atoms with E-state index in [0.717, 1.165) is 34.3 Å². The van der Waals surface area contributed by atoms with E-state index in [4.69, 9.17) is 5.41 Å². The van der Waals surface area contributed by atoms with Gasteiger partial charge in [-0.15, -0.1) is 0 Å². The molecule has 0 saturated heterocycles. The zero-order valence-corrected chi connectivity index (χ0v) is 14.9. The number of unbranched alkanes of at least 4 members (excludes halogenated alkanes) is 1. The maximum atomic E-state index is 12.2. The van der Waals surface area contributed by atoms with Crippen LogP contribution in [0.15, 0.2) is 44.4 Å². The van der Waals surface area contributed by atoms with Crippen molar-refractivity contribution in [3.63, 3.8) is 0 Å². The average Bonchev–Trinajstić information content (AvgIpc) is 2.94. The fourth-order valence-corrected chi connectivity index (χ4v) is 3.38. The topological polar surface area (TPSA) is 68.9 Å². The molecular formula is C16H15BrN4OS. The SMILES string of the molecule is CCCCC1=NN2C(=N)/C(=C/c3ccc(Br)cc3)C(=O)N=C2S1. The molecule has 0 aromatic heterocycles. The molecule has 0 saturated carbocycles. The number of hydrazone groups is 1. The molecule has 1 amide bonds. The van der Waals surface area contributed by atoms with Crippen LogP contribution in [0.25, 0.3) is 6.08 Å². The molecule has 0 fully saturated rings. The van der Waals surface area contributed by atoms with E-state index < -0.39 is 0 Å². The third-order valence-corrected chi connectivity index (χ3v) is 4.92. The second-order valence-electron chi connectivity index (χ2n) is 5.17. The lowest BCUT2D eigenvalue weighted by Gasteiger charge is -2.20. The summed E-state index contributed by atoms with van der Waals surface area (Å²) >= 11 is 4.76. The molecule has 0 radical (unpaired) electrons. The van der Waals surface area contributed by atoms with Gasteiger partial charge in [0.15, 0.2) is 5.84 Å². The molecule has 5 nitrogen and oxygen atoms in total. The standard InChI is InChI=1S/C16H15BrN4OS/c1-2-3-4-13-20-21-14(18)12(15(22)19-16(21)23-13)9-10-5-7-11(17)8-6-10/h5-9,18H,2-4H2,1H3/b12-9-,18-14?. The lowest BCUT2D eigenvalue weighted by molar-refractivity contribution is -0.114. The van der Waals surface area contributed by atoms with Gasteiger partial charge >= 0.3 is 0 Å². The Kier molecular flexibility index (Phi) is 4.77. The van der Waals surface area contributed by atoms with Gasteiger partial charge in [0, 0.05) is 4.47 Å². The lowest BCUT2D eigenvalue weighted by atomic mass is 10.1. The number of amidine groups is 2. The smallest absolute Gasteiger partial charge is 0.282 e. The number of hydrogen-bond donors (Lipinski definition) is 1. The molecule has 1 aromatic rings. The zero-order chi connectivity index (χ0) is 16.4. The number of carbonyl (C=O) groups excluding carboxylic acids is 1. The Balaban J connectivity index is 1.88. The quantitative estimate of drug-likeness (QED) is 0.780. The molecule has 1 aromatic carbocycles. The molecule has 1 N–H and O–H groups in total. The normalized spacial score (nSPS) is 19.0. The van der Waals surface area contributed by atoms with Crippen LogP contribution in [0.1, 0.15) is 31.7 Å².